The molecule has 4 heteroatoms. The Bertz CT molecular complexity index is 159. The van der Waals surface area contributed by atoms with Gasteiger partial charge >= 0.3 is 0 Å². The Labute approximate surface area is 91.9 Å². The summed E-state index contributed by atoms with van der Waals surface area (Å²) in [5.41, 5.74) is 0. The molecule has 15 heavy (non-hydrogen) atoms. The van der Waals surface area contributed by atoms with Crippen LogP contribution in [0.2, 0.25) is 0 Å². The van der Waals surface area contributed by atoms with Gasteiger partial charge in [0.1, 0.15) is 5.78 Å². The third-order valence-corrected chi connectivity index (χ3v) is 1.84. The Balaban J connectivity index is 3.13. The van der Waals surface area contributed by atoms with Gasteiger partial charge < -0.3 is 14.2 Å². The van der Waals surface area contributed by atoms with Gasteiger partial charge in [0, 0.05) is 26.7 Å². The van der Waals surface area contributed by atoms with Gasteiger partial charge in [-0.1, -0.05) is 0 Å². The van der Waals surface area contributed by atoms with Crippen LogP contribution in [-0.4, -0.2) is 45.4 Å². The number of hydrogen-bond donors (Lipinski definition) is 0. The van der Waals surface area contributed by atoms with Crippen LogP contribution in [0.15, 0.2) is 0 Å². The van der Waals surface area contributed by atoms with E-state index in [9.17, 15) is 4.79 Å². The highest BCUT2D eigenvalue weighted by Gasteiger charge is 2.04. The number of methoxy groups -OCH3 is 1. The van der Waals surface area contributed by atoms with Crippen LogP contribution < -0.4 is 0 Å². The smallest absolute Gasteiger partial charge is 0.132 e. The maximum atomic E-state index is 10.7. The monoisotopic (exact) mass is 218 g/mol. The van der Waals surface area contributed by atoms with Crippen molar-refractivity contribution < 1.29 is 19.0 Å². The van der Waals surface area contributed by atoms with E-state index >= 15 is 0 Å². The molecule has 0 aromatic rings. The zero-order valence-electron chi connectivity index (χ0n) is 9.95. The number of ether oxygens (including phenoxy) is 3. The van der Waals surface area contributed by atoms with Crippen molar-refractivity contribution >= 4 is 5.78 Å². The van der Waals surface area contributed by atoms with Crippen LogP contribution in [0, 0.1) is 0 Å². The Morgan fingerprint density at radius 2 is 1.93 bits per heavy atom. The summed E-state index contributed by atoms with van der Waals surface area (Å²) in [6.45, 7) is 6.06. The number of carbonyl (C=O) groups is 1. The van der Waals surface area contributed by atoms with Crippen molar-refractivity contribution in [3.63, 3.8) is 0 Å². The minimum absolute atomic E-state index is 0.0153. The van der Waals surface area contributed by atoms with Gasteiger partial charge in [0.15, 0.2) is 0 Å². The molecule has 0 spiro atoms. The highest BCUT2D eigenvalue weighted by atomic mass is 16.5. The van der Waals surface area contributed by atoms with Crippen molar-refractivity contribution in [2.45, 2.75) is 32.8 Å². The van der Waals surface area contributed by atoms with E-state index in [0.29, 0.717) is 32.8 Å². The summed E-state index contributed by atoms with van der Waals surface area (Å²) in [5, 5.41) is 0. The summed E-state index contributed by atoms with van der Waals surface area (Å²) < 4.78 is 15.5. The van der Waals surface area contributed by atoms with Crippen molar-refractivity contribution in [1.29, 1.82) is 0 Å². The minimum Gasteiger partial charge on any atom is -0.382 e. The van der Waals surface area contributed by atoms with Crippen molar-refractivity contribution in [2.24, 2.45) is 0 Å². The molecule has 0 aliphatic heterocycles. The first-order valence-electron chi connectivity index (χ1n) is 5.34. The predicted molar refractivity (Wildman–Crippen MR) is 58.0 cm³/mol. The fraction of sp³-hybridized carbons (Fsp3) is 0.909. The molecule has 0 bridgehead atoms. The lowest BCUT2D eigenvalue weighted by Crippen LogP contribution is -2.14. The second-order valence-electron chi connectivity index (χ2n) is 3.55. The SMILES string of the molecule is COCCOCCCOC(C)CC(C)=O. The zero-order chi connectivity index (χ0) is 11.5. The summed E-state index contributed by atoms with van der Waals surface area (Å²) in [4.78, 5) is 10.7. The van der Waals surface area contributed by atoms with Gasteiger partial charge in [0.25, 0.3) is 0 Å². The second kappa shape index (κ2) is 10.1. The molecule has 0 aromatic carbocycles. The fourth-order valence-corrected chi connectivity index (χ4v) is 1.15. The van der Waals surface area contributed by atoms with Gasteiger partial charge in [-0.05, 0) is 20.3 Å². The molecular formula is C11H22O4. The molecule has 1 unspecified atom stereocenters. The average molecular weight is 218 g/mol. The summed E-state index contributed by atoms with van der Waals surface area (Å²) in [5.74, 6) is 0.166. The molecule has 90 valence electrons. The third-order valence-electron chi connectivity index (χ3n) is 1.84. The lowest BCUT2D eigenvalue weighted by Gasteiger charge is -2.11. The van der Waals surface area contributed by atoms with Gasteiger partial charge in [0.05, 0.1) is 19.3 Å². The number of hydrogen-bond acceptors (Lipinski definition) is 4. The Hall–Kier alpha value is -0.450. The van der Waals surface area contributed by atoms with Crippen molar-refractivity contribution in [3.05, 3.63) is 0 Å². The van der Waals surface area contributed by atoms with Crippen LogP contribution in [0.4, 0.5) is 0 Å². The summed E-state index contributed by atoms with van der Waals surface area (Å²) in [6, 6.07) is 0. The topological polar surface area (TPSA) is 44.8 Å². The lowest BCUT2D eigenvalue weighted by atomic mass is 10.2. The Morgan fingerprint density at radius 3 is 2.53 bits per heavy atom. The Kier molecular flexibility index (Phi) is 9.78. The predicted octanol–water partition coefficient (Wildman–Crippen LogP) is 1.42. The molecule has 0 amide bonds. The molecule has 0 saturated heterocycles. The van der Waals surface area contributed by atoms with Crippen LogP contribution in [0.5, 0.6) is 0 Å². The van der Waals surface area contributed by atoms with Crippen LogP contribution in [0.3, 0.4) is 0 Å². The van der Waals surface area contributed by atoms with Crippen molar-refractivity contribution in [1.82, 2.24) is 0 Å². The molecule has 0 rings (SSSR count). The number of carbonyl (C=O) groups excluding carboxylic acids is 1. The average Bonchev–Trinajstić information content (AvgIpc) is 2.15. The van der Waals surface area contributed by atoms with E-state index in [1.807, 2.05) is 6.92 Å². The lowest BCUT2D eigenvalue weighted by molar-refractivity contribution is -0.119. The Morgan fingerprint density at radius 1 is 1.20 bits per heavy atom. The number of Topliss-reactive ketones (excluding diaryl/α,β-unsaturated/α-hetero) is 1. The van der Waals surface area contributed by atoms with E-state index in [0.717, 1.165) is 6.42 Å². The van der Waals surface area contributed by atoms with Gasteiger partial charge in [-0.3, -0.25) is 4.79 Å². The molecule has 0 saturated carbocycles. The molecule has 0 aliphatic carbocycles. The minimum atomic E-state index is 0.0153. The van der Waals surface area contributed by atoms with Crippen LogP contribution in [0.25, 0.3) is 0 Å². The molecular weight excluding hydrogens is 196 g/mol. The van der Waals surface area contributed by atoms with E-state index in [1.54, 1.807) is 14.0 Å². The van der Waals surface area contributed by atoms with Crippen molar-refractivity contribution in [2.75, 3.05) is 33.5 Å². The molecule has 4 nitrogen and oxygen atoms in total. The van der Waals surface area contributed by atoms with Gasteiger partial charge in [-0.2, -0.15) is 0 Å². The van der Waals surface area contributed by atoms with E-state index < -0.39 is 0 Å². The first-order chi connectivity index (χ1) is 7.16. The maximum Gasteiger partial charge on any atom is 0.132 e. The van der Waals surface area contributed by atoms with Gasteiger partial charge in [-0.15, -0.1) is 0 Å². The van der Waals surface area contributed by atoms with Crippen molar-refractivity contribution in [3.8, 4) is 0 Å². The largest absolute Gasteiger partial charge is 0.382 e. The molecule has 0 radical (unpaired) electrons. The zero-order valence-corrected chi connectivity index (χ0v) is 9.95. The number of ketones is 1. The quantitative estimate of drug-likeness (QED) is 0.520. The summed E-state index contributed by atoms with van der Waals surface area (Å²) in [6.07, 6.45) is 1.36. The summed E-state index contributed by atoms with van der Waals surface area (Å²) >= 11 is 0. The fourth-order valence-electron chi connectivity index (χ4n) is 1.15. The van der Waals surface area contributed by atoms with Crippen LogP contribution >= 0.6 is 0 Å². The van der Waals surface area contributed by atoms with Crippen LogP contribution in [-0.2, 0) is 19.0 Å². The van der Waals surface area contributed by atoms with Gasteiger partial charge in [-0.25, -0.2) is 0 Å². The highest BCUT2D eigenvalue weighted by Crippen LogP contribution is 1.99. The molecule has 0 heterocycles. The second-order valence-corrected chi connectivity index (χ2v) is 3.55. The molecule has 1 atom stereocenters. The normalized spacial score (nSPS) is 12.7. The summed E-state index contributed by atoms with van der Waals surface area (Å²) in [7, 11) is 1.65. The van der Waals surface area contributed by atoms with E-state index in [-0.39, 0.29) is 11.9 Å². The highest BCUT2D eigenvalue weighted by molar-refractivity contribution is 5.75. The standard InChI is InChI=1S/C11H22O4/c1-10(12)9-11(2)15-6-4-5-14-8-7-13-3/h11H,4-9H2,1-3H3. The molecule has 0 aliphatic rings. The number of rotatable bonds is 10. The molecule has 0 aromatic heterocycles. The van der Waals surface area contributed by atoms with E-state index in [2.05, 4.69) is 0 Å². The van der Waals surface area contributed by atoms with E-state index in [1.165, 1.54) is 0 Å². The first-order valence-corrected chi connectivity index (χ1v) is 5.34. The third kappa shape index (κ3) is 11.5. The molecule has 0 N–H and O–H groups in total. The van der Waals surface area contributed by atoms with E-state index in [4.69, 9.17) is 14.2 Å². The molecule has 0 fully saturated rings. The van der Waals surface area contributed by atoms with Gasteiger partial charge in [0.2, 0.25) is 0 Å². The maximum absolute atomic E-state index is 10.7. The first kappa shape index (κ1) is 14.6. The van der Waals surface area contributed by atoms with Crippen LogP contribution in [0.1, 0.15) is 26.7 Å².